The van der Waals surface area contributed by atoms with Gasteiger partial charge in [0.15, 0.2) is 0 Å². The van der Waals surface area contributed by atoms with Crippen LogP contribution >= 0.6 is 0 Å². The number of fused-ring (bicyclic) bond motifs is 13. The van der Waals surface area contributed by atoms with Gasteiger partial charge in [-0.1, -0.05) is 155 Å². The molecule has 4 atom stereocenters. The highest BCUT2D eigenvalue weighted by molar-refractivity contribution is 6.19. The number of hydrogen-bond donors (Lipinski definition) is 0. The molecule has 4 unspecified atom stereocenters. The van der Waals surface area contributed by atoms with Crippen LogP contribution in [0.1, 0.15) is 112 Å². The third kappa shape index (κ3) is 5.46. The molecule has 3 heterocycles. The van der Waals surface area contributed by atoms with Gasteiger partial charge < -0.3 is 19.1 Å². The Balaban J connectivity index is 1.04. The number of furan rings is 1. The summed E-state index contributed by atoms with van der Waals surface area (Å²) in [6.45, 7) is 10.1. The fourth-order valence-electron chi connectivity index (χ4n) is 15.5. The highest BCUT2D eigenvalue weighted by Crippen LogP contribution is 2.65. The van der Waals surface area contributed by atoms with Crippen molar-refractivity contribution in [2.75, 3.05) is 28.8 Å². The van der Waals surface area contributed by atoms with Crippen LogP contribution in [0.25, 0.3) is 44.2 Å². The second-order valence-electron chi connectivity index (χ2n) is 22.8. The molecule has 352 valence electrons. The van der Waals surface area contributed by atoms with Gasteiger partial charge in [-0.2, -0.15) is 0 Å². The summed E-state index contributed by atoms with van der Waals surface area (Å²) in [5.74, 6) is 0. The third-order valence-electron chi connectivity index (χ3n) is 19.5. The zero-order valence-corrected chi connectivity index (χ0v) is 42.1. The van der Waals surface area contributed by atoms with E-state index in [9.17, 15) is 0 Å². The Morgan fingerprint density at radius 2 is 1.00 bits per heavy atom. The molecule has 3 aliphatic carbocycles. The predicted octanol–water partition coefficient (Wildman–Crippen LogP) is 17.2. The molecule has 2 aliphatic heterocycles. The number of benzene rings is 8. The zero-order chi connectivity index (χ0) is 48.1. The highest BCUT2D eigenvalue weighted by atomic mass is 16.3. The fourth-order valence-corrected chi connectivity index (χ4v) is 15.5. The molecule has 4 heteroatoms. The molecule has 71 heavy (non-hydrogen) atoms. The quantitative estimate of drug-likeness (QED) is 0.166. The van der Waals surface area contributed by atoms with Gasteiger partial charge in [-0.3, -0.25) is 0 Å². The summed E-state index contributed by atoms with van der Waals surface area (Å²) in [4.78, 5) is 7.61. The lowest BCUT2D eigenvalue weighted by Gasteiger charge is -2.50. The van der Waals surface area contributed by atoms with Crippen molar-refractivity contribution in [3.63, 3.8) is 0 Å². The highest BCUT2D eigenvalue weighted by Gasteiger charge is 2.59. The molecule has 5 aliphatic rings. The monoisotopic (exact) mass is 925 g/mol. The summed E-state index contributed by atoms with van der Waals surface area (Å²) >= 11 is 0. The van der Waals surface area contributed by atoms with E-state index in [0.717, 1.165) is 39.8 Å². The molecule has 0 amide bonds. The van der Waals surface area contributed by atoms with Gasteiger partial charge in [0.1, 0.15) is 11.2 Å². The Kier molecular flexibility index (Phi) is 9.04. The van der Waals surface area contributed by atoms with Gasteiger partial charge in [0.2, 0.25) is 0 Å². The fraction of sp³-hybridized carbons (Fsp3) is 0.284. The van der Waals surface area contributed by atoms with Crippen molar-refractivity contribution in [2.24, 2.45) is 0 Å². The molecule has 8 aromatic carbocycles. The zero-order valence-electron chi connectivity index (χ0n) is 42.1. The molecule has 0 radical (unpaired) electrons. The van der Waals surface area contributed by atoms with E-state index < -0.39 is 5.41 Å². The maximum Gasteiger partial charge on any atom is 0.143 e. The van der Waals surface area contributed by atoms with E-state index in [1.54, 1.807) is 0 Å². The largest absolute Gasteiger partial charge is 0.455 e. The number of hydrogen-bond acceptors (Lipinski definition) is 4. The number of rotatable bonds is 6. The Hall–Kier alpha value is -7.04. The van der Waals surface area contributed by atoms with Crippen molar-refractivity contribution in [3.05, 3.63) is 209 Å². The first-order valence-electron chi connectivity index (χ1n) is 26.4. The van der Waals surface area contributed by atoms with Crippen LogP contribution in [0.3, 0.4) is 0 Å². The van der Waals surface area contributed by atoms with E-state index in [0.29, 0.717) is 0 Å². The van der Waals surface area contributed by atoms with Gasteiger partial charge in [-0.25, -0.2) is 0 Å². The van der Waals surface area contributed by atoms with Crippen molar-refractivity contribution in [1.29, 1.82) is 0 Å². The van der Waals surface area contributed by atoms with Gasteiger partial charge in [0, 0.05) is 75.8 Å². The molecule has 0 bridgehead atoms. The van der Waals surface area contributed by atoms with Crippen molar-refractivity contribution >= 4 is 50.4 Å². The Morgan fingerprint density at radius 1 is 0.465 bits per heavy atom. The van der Waals surface area contributed by atoms with Crippen molar-refractivity contribution in [3.8, 4) is 22.3 Å². The van der Waals surface area contributed by atoms with Crippen LogP contribution in [-0.2, 0) is 16.2 Å². The van der Waals surface area contributed by atoms with Crippen molar-refractivity contribution < 1.29 is 4.42 Å². The number of anilines is 5. The summed E-state index contributed by atoms with van der Waals surface area (Å²) in [5.41, 5.74) is 20.5. The van der Waals surface area contributed by atoms with E-state index in [4.69, 9.17) is 4.42 Å². The van der Waals surface area contributed by atoms with E-state index in [2.05, 4.69) is 232 Å². The molecule has 9 aromatic rings. The van der Waals surface area contributed by atoms with Gasteiger partial charge in [-0.05, 0) is 144 Å². The first-order valence-corrected chi connectivity index (χ1v) is 26.4. The van der Waals surface area contributed by atoms with E-state index in [1.807, 2.05) is 0 Å². The van der Waals surface area contributed by atoms with Crippen molar-refractivity contribution in [1.82, 2.24) is 0 Å². The standard InChI is InChI=1S/C67H63N3O/c1-63-37-17-19-39-65(63,3)69(57-27-15-13-25-53(57)63)47-31-29-44(30-32-47)52-43-56-60(61-51-36-33-48(68(5)6)42-59(51)71-62(52)61)50-35-34-49(70-58-28-16-14-26-54(58)64(2)38-18-20-40-66(64,70)4)41-55(50)67(56,45-21-9-7-10-22-45)46-23-11-8-12-24-46/h7-16,21-36,41-43H,17-20,37-40H2,1-6H3. The van der Waals surface area contributed by atoms with Crippen LogP contribution in [0.2, 0.25) is 0 Å². The Labute approximate surface area is 419 Å². The minimum absolute atomic E-state index is 0.0139. The molecule has 0 N–H and O–H groups in total. The smallest absolute Gasteiger partial charge is 0.143 e. The van der Waals surface area contributed by atoms with E-state index in [1.165, 1.54) is 118 Å². The SMILES string of the molecule is CN(C)c1ccc2c(c1)oc1c(-c3ccc(N4c5ccccc5C5(C)CCCCC45C)cc3)cc3c(c12)-c1ccc(N2c4ccccc4C4(C)CCCCC24C)cc1C3(c1ccccc1)c1ccccc1. The second kappa shape index (κ2) is 15.0. The molecule has 14 rings (SSSR count). The Bertz CT molecular complexity index is 3570. The molecule has 0 saturated heterocycles. The minimum Gasteiger partial charge on any atom is -0.455 e. The topological polar surface area (TPSA) is 22.9 Å². The maximum absolute atomic E-state index is 7.31. The van der Waals surface area contributed by atoms with Crippen LogP contribution in [0, 0.1) is 0 Å². The molecule has 2 saturated carbocycles. The number of para-hydroxylation sites is 2. The van der Waals surface area contributed by atoms with Gasteiger partial charge in [0.05, 0.1) is 16.5 Å². The van der Waals surface area contributed by atoms with Gasteiger partial charge in [0.25, 0.3) is 0 Å². The summed E-state index contributed by atoms with van der Waals surface area (Å²) in [6.07, 6.45) is 9.76. The first-order chi connectivity index (χ1) is 34.5. The number of nitrogens with zero attached hydrogens (tertiary/aromatic N) is 3. The summed E-state index contributed by atoms with van der Waals surface area (Å²) in [6, 6.07) is 67.6. The molecule has 0 spiro atoms. The third-order valence-corrected chi connectivity index (χ3v) is 19.5. The summed E-state index contributed by atoms with van der Waals surface area (Å²) in [5, 5.41) is 2.33. The van der Waals surface area contributed by atoms with Crippen LogP contribution in [0.15, 0.2) is 180 Å². The normalized spacial score (nSPS) is 24.6. The molecule has 1 aromatic heterocycles. The predicted molar refractivity (Wildman–Crippen MR) is 296 cm³/mol. The molecule has 4 nitrogen and oxygen atoms in total. The Morgan fingerprint density at radius 3 is 1.59 bits per heavy atom. The average molecular weight is 926 g/mol. The lowest BCUT2D eigenvalue weighted by molar-refractivity contribution is 0.195. The van der Waals surface area contributed by atoms with Crippen molar-refractivity contribution in [2.45, 2.75) is 106 Å². The molecular weight excluding hydrogens is 863 g/mol. The van der Waals surface area contributed by atoms with Crippen LogP contribution in [-0.4, -0.2) is 25.2 Å². The van der Waals surface area contributed by atoms with Crippen LogP contribution in [0.5, 0.6) is 0 Å². The summed E-state index contributed by atoms with van der Waals surface area (Å²) in [7, 11) is 4.22. The lowest BCUT2D eigenvalue weighted by Crippen LogP contribution is -2.54. The molecule has 2 fully saturated rings. The maximum atomic E-state index is 7.31. The van der Waals surface area contributed by atoms with E-state index >= 15 is 0 Å². The van der Waals surface area contributed by atoms with Crippen LogP contribution in [0.4, 0.5) is 28.4 Å². The minimum atomic E-state index is -0.644. The molecular formula is C67H63N3O. The van der Waals surface area contributed by atoms with Crippen LogP contribution < -0.4 is 14.7 Å². The van der Waals surface area contributed by atoms with Gasteiger partial charge in [-0.15, -0.1) is 0 Å². The second-order valence-corrected chi connectivity index (χ2v) is 22.8. The average Bonchev–Trinajstić information content (AvgIpc) is 4.05. The first kappa shape index (κ1) is 42.8. The summed E-state index contributed by atoms with van der Waals surface area (Å²) < 4.78 is 7.31. The van der Waals surface area contributed by atoms with Gasteiger partial charge >= 0.3 is 0 Å². The van der Waals surface area contributed by atoms with E-state index in [-0.39, 0.29) is 21.9 Å². The lowest BCUT2D eigenvalue weighted by atomic mass is 9.61.